The van der Waals surface area contributed by atoms with E-state index in [1.165, 1.54) is 12.3 Å². The van der Waals surface area contributed by atoms with Crippen LogP contribution in [0.1, 0.15) is 79.9 Å². The molecule has 5 rings (SSSR count). The second kappa shape index (κ2) is 8.34. The summed E-state index contributed by atoms with van der Waals surface area (Å²) in [5.41, 5.74) is 6.10. The number of nitrogens with one attached hydrogen (secondary N) is 1. The zero-order valence-corrected chi connectivity index (χ0v) is 18.8. The molecule has 2 heterocycles. The predicted octanol–water partition coefficient (Wildman–Crippen LogP) is 5.39. The number of hydrogen-bond acceptors (Lipinski definition) is 3. The molecule has 0 spiro atoms. The van der Waals surface area contributed by atoms with Crippen LogP contribution in [-0.4, -0.2) is 27.7 Å². The maximum Gasteiger partial charge on any atom is 0.268 e. The number of fused-ring (bicyclic) bond motifs is 1. The van der Waals surface area contributed by atoms with E-state index < -0.39 is 17.8 Å². The molecule has 3 aliphatic carbocycles. The van der Waals surface area contributed by atoms with Crippen molar-refractivity contribution in [2.24, 2.45) is 29.4 Å². The van der Waals surface area contributed by atoms with Gasteiger partial charge in [-0.2, -0.15) is 0 Å². The average Bonchev–Trinajstić information content (AvgIpc) is 2.76. The summed E-state index contributed by atoms with van der Waals surface area (Å²) in [5.74, 6) is -5.85. The minimum atomic E-state index is -2.65. The molecule has 3 aliphatic rings. The van der Waals surface area contributed by atoms with Crippen LogP contribution in [0, 0.1) is 23.7 Å². The SMILES string of the molecule is NC(=O)c1nccc2[nH]c([C@H]3CCC(C4CC(F)(F)C4)C[C@H]3C3CCC(F)(F)CC3)cc(=O)c12. The summed E-state index contributed by atoms with van der Waals surface area (Å²) in [7, 11) is 0. The van der Waals surface area contributed by atoms with E-state index in [0.717, 1.165) is 6.42 Å². The van der Waals surface area contributed by atoms with E-state index in [9.17, 15) is 27.2 Å². The number of carbonyl (C=O) groups excluding carboxylic acids is 1. The summed E-state index contributed by atoms with van der Waals surface area (Å²) >= 11 is 0. The van der Waals surface area contributed by atoms with E-state index in [1.807, 2.05) is 0 Å². The number of carbonyl (C=O) groups is 1. The molecule has 3 atom stereocenters. The third-order valence-electron chi connectivity index (χ3n) is 8.49. The fraction of sp³-hybridized carbons (Fsp3) is 0.640. The van der Waals surface area contributed by atoms with Crippen molar-refractivity contribution in [3.63, 3.8) is 0 Å². The van der Waals surface area contributed by atoms with Crippen LogP contribution >= 0.6 is 0 Å². The number of aromatic nitrogens is 2. The van der Waals surface area contributed by atoms with Gasteiger partial charge in [0.15, 0.2) is 5.43 Å². The van der Waals surface area contributed by atoms with Crippen molar-refractivity contribution in [2.45, 2.75) is 75.6 Å². The van der Waals surface area contributed by atoms with Gasteiger partial charge in [0.2, 0.25) is 11.8 Å². The number of rotatable bonds is 4. The van der Waals surface area contributed by atoms with Crippen LogP contribution in [0.25, 0.3) is 10.9 Å². The Morgan fingerprint density at radius 2 is 1.71 bits per heavy atom. The van der Waals surface area contributed by atoms with Gasteiger partial charge < -0.3 is 10.7 Å². The second-order valence-corrected chi connectivity index (χ2v) is 10.6. The molecule has 2 aromatic rings. The highest BCUT2D eigenvalue weighted by atomic mass is 19.3. The first kappa shape index (κ1) is 23.3. The van der Waals surface area contributed by atoms with Gasteiger partial charge in [0, 0.05) is 49.6 Å². The number of H-pyrrole nitrogens is 1. The van der Waals surface area contributed by atoms with Crippen LogP contribution in [0.15, 0.2) is 23.1 Å². The molecular weight excluding hydrogens is 450 g/mol. The van der Waals surface area contributed by atoms with Crippen molar-refractivity contribution in [1.82, 2.24) is 9.97 Å². The first-order valence-electron chi connectivity index (χ1n) is 12.1. The van der Waals surface area contributed by atoms with Crippen molar-refractivity contribution in [2.75, 3.05) is 0 Å². The maximum atomic E-state index is 13.9. The Labute approximate surface area is 194 Å². The van der Waals surface area contributed by atoms with Crippen LogP contribution < -0.4 is 11.2 Å². The lowest BCUT2D eigenvalue weighted by atomic mass is 9.59. The molecule has 0 saturated heterocycles. The number of halogens is 4. The highest BCUT2D eigenvalue weighted by Gasteiger charge is 2.51. The molecule has 9 heteroatoms. The van der Waals surface area contributed by atoms with Crippen molar-refractivity contribution >= 4 is 16.8 Å². The Bertz CT molecular complexity index is 1150. The Morgan fingerprint density at radius 1 is 1.00 bits per heavy atom. The van der Waals surface area contributed by atoms with E-state index in [-0.39, 0.29) is 71.8 Å². The molecule has 0 aliphatic heterocycles. The molecule has 184 valence electrons. The van der Waals surface area contributed by atoms with Gasteiger partial charge in [-0.25, -0.2) is 17.6 Å². The highest BCUT2D eigenvalue weighted by molar-refractivity contribution is 6.03. The van der Waals surface area contributed by atoms with Crippen LogP contribution in [-0.2, 0) is 0 Å². The molecule has 3 N–H and O–H groups in total. The Kier molecular flexibility index (Phi) is 5.72. The Morgan fingerprint density at radius 3 is 2.35 bits per heavy atom. The van der Waals surface area contributed by atoms with Gasteiger partial charge in [0.25, 0.3) is 5.91 Å². The van der Waals surface area contributed by atoms with E-state index >= 15 is 0 Å². The normalized spacial score (nSPS) is 29.6. The van der Waals surface area contributed by atoms with Crippen molar-refractivity contribution in [1.29, 1.82) is 0 Å². The zero-order chi connectivity index (χ0) is 24.3. The number of primary amides is 1. The number of alkyl halides is 4. The Balaban J connectivity index is 1.47. The summed E-state index contributed by atoms with van der Waals surface area (Å²) in [6.07, 6.45) is 3.91. The molecule has 0 radical (unpaired) electrons. The molecule has 5 nitrogen and oxygen atoms in total. The van der Waals surface area contributed by atoms with Gasteiger partial charge in [-0.1, -0.05) is 0 Å². The lowest BCUT2D eigenvalue weighted by Gasteiger charge is -2.48. The van der Waals surface area contributed by atoms with E-state index in [2.05, 4.69) is 9.97 Å². The van der Waals surface area contributed by atoms with Crippen molar-refractivity contribution < 1.29 is 22.4 Å². The summed E-state index contributed by atoms with van der Waals surface area (Å²) in [6, 6.07) is 3.09. The van der Waals surface area contributed by atoms with Crippen LogP contribution in [0.2, 0.25) is 0 Å². The predicted molar refractivity (Wildman–Crippen MR) is 119 cm³/mol. The quantitative estimate of drug-likeness (QED) is 0.576. The van der Waals surface area contributed by atoms with Crippen LogP contribution in [0.5, 0.6) is 0 Å². The maximum absolute atomic E-state index is 13.9. The van der Waals surface area contributed by atoms with Crippen molar-refractivity contribution in [3.8, 4) is 0 Å². The lowest BCUT2D eigenvalue weighted by Crippen LogP contribution is -2.43. The third kappa shape index (κ3) is 4.33. The summed E-state index contributed by atoms with van der Waals surface area (Å²) in [5, 5.41) is 0.137. The summed E-state index contributed by atoms with van der Waals surface area (Å²) in [4.78, 5) is 32.0. The van der Waals surface area contributed by atoms with Gasteiger partial charge in [0.05, 0.1) is 10.9 Å². The third-order valence-corrected chi connectivity index (χ3v) is 8.49. The monoisotopic (exact) mass is 479 g/mol. The standard InChI is InChI=1S/C25H29F4N3O2/c26-24(27)6-3-13(4-7-24)17-9-14(15-11-25(28,29)12-15)1-2-16(17)19-10-20(33)21-18(32-19)5-8-31-22(21)23(30)34/h5,8,10,13-17H,1-4,6-7,9,11-12H2,(H2,30,34)(H,32,33)/t14?,16-,17-/m0/s1. The molecule has 0 bridgehead atoms. The molecule has 34 heavy (non-hydrogen) atoms. The number of amides is 1. The molecule has 3 fully saturated rings. The molecule has 3 saturated carbocycles. The van der Waals surface area contributed by atoms with E-state index in [1.54, 1.807) is 6.07 Å². The molecular formula is C25H29F4N3O2. The molecule has 0 aromatic carbocycles. The van der Waals surface area contributed by atoms with Gasteiger partial charge in [0.1, 0.15) is 5.69 Å². The fourth-order valence-electron chi connectivity index (χ4n) is 6.71. The van der Waals surface area contributed by atoms with Crippen LogP contribution in [0.4, 0.5) is 17.6 Å². The molecule has 2 aromatic heterocycles. The second-order valence-electron chi connectivity index (χ2n) is 10.6. The van der Waals surface area contributed by atoms with Crippen molar-refractivity contribution in [3.05, 3.63) is 39.9 Å². The fourth-order valence-corrected chi connectivity index (χ4v) is 6.71. The van der Waals surface area contributed by atoms with Gasteiger partial charge >= 0.3 is 0 Å². The largest absolute Gasteiger partial charge is 0.364 e. The number of hydrogen-bond donors (Lipinski definition) is 2. The smallest absolute Gasteiger partial charge is 0.268 e. The number of aromatic amines is 1. The van der Waals surface area contributed by atoms with Crippen LogP contribution in [0.3, 0.4) is 0 Å². The Hall–Kier alpha value is -2.45. The number of nitrogens with zero attached hydrogens (tertiary/aromatic N) is 1. The number of nitrogens with two attached hydrogens (primary N) is 1. The van der Waals surface area contributed by atoms with Gasteiger partial charge in [-0.15, -0.1) is 0 Å². The lowest BCUT2D eigenvalue weighted by molar-refractivity contribution is -0.134. The first-order chi connectivity index (χ1) is 16.0. The average molecular weight is 480 g/mol. The minimum absolute atomic E-state index is 0.0247. The van der Waals surface area contributed by atoms with E-state index in [4.69, 9.17) is 5.73 Å². The molecule has 1 amide bonds. The summed E-state index contributed by atoms with van der Waals surface area (Å²) < 4.78 is 54.8. The topological polar surface area (TPSA) is 88.8 Å². The van der Waals surface area contributed by atoms with Gasteiger partial charge in [-0.3, -0.25) is 14.6 Å². The van der Waals surface area contributed by atoms with E-state index in [0.29, 0.717) is 36.9 Å². The molecule has 1 unspecified atom stereocenters. The van der Waals surface area contributed by atoms with Gasteiger partial charge in [-0.05, 0) is 61.8 Å². The minimum Gasteiger partial charge on any atom is -0.364 e. The number of pyridine rings is 2. The first-order valence-corrected chi connectivity index (χ1v) is 12.1. The zero-order valence-electron chi connectivity index (χ0n) is 18.8. The highest BCUT2D eigenvalue weighted by Crippen LogP contribution is 2.55. The summed E-state index contributed by atoms with van der Waals surface area (Å²) in [6.45, 7) is 0.